The van der Waals surface area contributed by atoms with E-state index in [0.29, 0.717) is 5.03 Å². The van der Waals surface area contributed by atoms with Crippen molar-refractivity contribution < 1.29 is 0 Å². The molecule has 64 valence electrons. The first-order chi connectivity index (χ1) is 5.33. The van der Waals surface area contributed by atoms with Crippen molar-refractivity contribution in [2.45, 2.75) is 0 Å². The average molecular weight is 195 g/mol. The highest BCUT2D eigenvalue weighted by Crippen LogP contribution is 2.06. The summed E-state index contributed by atoms with van der Waals surface area (Å²) in [5.41, 5.74) is 1.43. The maximum Gasteiger partial charge on any atom is 0.0434 e. The van der Waals surface area contributed by atoms with Crippen LogP contribution in [0.15, 0.2) is 10.6 Å². The Kier molecular flexibility index (Phi) is 4.23. The molecule has 1 N–H and O–H groups in total. The Bertz CT molecular complexity index is 141. The standard InChI is InChI=1S/C7H12Cl2N2/c8-5-7(9)6-11-3-1-10-2-4-11/h5,10H,1-4,6H2. The van der Waals surface area contributed by atoms with Gasteiger partial charge in [-0.3, -0.25) is 4.90 Å². The van der Waals surface area contributed by atoms with Gasteiger partial charge >= 0.3 is 0 Å². The van der Waals surface area contributed by atoms with E-state index >= 15 is 0 Å². The molecule has 1 heterocycles. The summed E-state index contributed by atoms with van der Waals surface area (Å²) in [6.07, 6.45) is 0. The van der Waals surface area contributed by atoms with Crippen LogP contribution >= 0.6 is 23.2 Å². The third kappa shape index (κ3) is 3.43. The molecule has 1 rings (SSSR count). The van der Waals surface area contributed by atoms with Crippen LogP contribution in [0.1, 0.15) is 0 Å². The molecule has 0 spiro atoms. The summed E-state index contributed by atoms with van der Waals surface area (Å²) in [7, 11) is 0. The molecule has 0 amide bonds. The van der Waals surface area contributed by atoms with Crippen LogP contribution in [-0.4, -0.2) is 37.6 Å². The van der Waals surface area contributed by atoms with Crippen molar-refractivity contribution >= 4 is 23.2 Å². The highest BCUT2D eigenvalue weighted by Gasteiger charge is 2.09. The molecule has 0 radical (unpaired) electrons. The number of hydrogen-bond donors (Lipinski definition) is 1. The molecule has 0 aromatic carbocycles. The van der Waals surface area contributed by atoms with Gasteiger partial charge in [0.1, 0.15) is 0 Å². The summed E-state index contributed by atoms with van der Waals surface area (Å²) in [5.74, 6) is 0. The Morgan fingerprint density at radius 2 is 2.09 bits per heavy atom. The molecule has 1 fully saturated rings. The van der Waals surface area contributed by atoms with Crippen LogP contribution in [0.25, 0.3) is 0 Å². The lowest BCUT2D eigenvalue weighted by Crippen LogP contribution is -2.43. The van der Waals surface area contributed by atoms with Crippen LogP contribution in [0.2, 0.25) is 0 Å². The van der Waals surface area contributed by atoms with Gasteiger partial charge in [-0.15, -0.1) is 0 Å². The van der Waals surface area contributed by atoms with E-state index in [0.717, 1.165) is 32.7 Å². The molecule has 0 saturated carbocycles. The normalized spacial score (nSPS) is 22.2. The third-order valence-electron chi connectivity index (χ3n) is 1.70. The molecule has 0 bridgehead atoms. The van der Waals surface area contributed by atoms with Crippen LogP contribution in [0.3, 0.4) is 0 Å². The second kappa shape index (κ2) is 4.99. The topological polar surface area (TPSA) is 15.3 Å². The molecule has 0 unspecified atom stereocenters. The van der Waals surface area contributed by atoms with Gasteiger partial charge in [0.05, 0.1) is 0 Å². The van der Waals surface area contributed by atoms with E-state index in [9.17, 15) is 0 Å². The Morgan fingerprint density at radius 3 is 2.64 bits per heavy atom. The lowest BCUT2D eigenvalue weighted by atomic mass is 10.3. The molecule has 4 heteroatoms. The fourth-order valence-electron chi connectivity index (χ4n) is 1.12. The molecule has 2 nitrogen and oxygen atoms in total. The van der Waals surface area contributed by atoms with Crippen molar-refractivity contribution in [3.05, 3.63) is 10.6 Å². The zero-order chi connectivity index (χ0) is 8.10. The van der Waals surface area contributed by atoms with Gasteiger partial charge in [0.25, 0.3) is 0 Å². The van der Waals surface area contributed by atoms with Gasteiger partial charge in [-0.25, -0.2) is 0 Å². The monoisotopic (exact) mass is 194 g/mol. The highest BCUT2D eigenvalue weighted by molar-refractivity contribution is 6.36. The van der Waals surface area contributed by atoms with E-state index in [4.69, 9.17) is 23.2 Å². The Balaban J connectivity index is 2.24. The van der Waals surface area contributed by atoms with E-state index < -0.39 is 0 Å². The fourth-order valence-corrected chi connectivity index (χ4v) is 1.36. The second-order valence-electron chi connectivity index (χ2n) is 2.58. The van der Waals surface area contributed by atoms with Crippen molar-refractivity contribution in [1.82, 2.24) is 10.2 Å². The molecule has 0 aromatic heterocycles. The highest BCUT2D eigenvalue weighted by atomic mass is 35.5. The Hall–Kier alpha value is 0.240. The van der Waals surface area contributed by atoms with Crippen molar-refractivity contribution in [2.24, 2.45) is 0 Å². The first kappa shape index (κ1) is 9.33. The number of nitrogens with zero attached hydrogens (tertiary/aromatic N) is 1. The Labute approximate surface area is 77.1 Å². The molecular weight excluding hydrogens is 183 g/mol. The molecule has 11 heavy (non-hydrogen) atoms. The van der Waals surface area contributed by atoms with E-state index in [1.165, 1.54) is 5.54 Å². The van der Waals surface area contributed by atoms with Gasteiger partial charge in [-0.05, 0) is 0 Å². The predicted molar refractivity (Wildman–Crippen MR) is 49.1 cm³/mol. The average Bonchev–Trinajstić information content (AvgIpc) is 2.06. The summed E-state index contributed by atoms with van der Waals surface area (Å²) >= 11 is 11.2. The predicted octanol–water partition coefficient (Wildman–Crippen LogP) is 1.21. The van der Waals surface area contributed by atoms with Crippen LogP contribution in [0.5, 0.6) is 0 Å². The smallest absolute Gasteiger partial charge is 0.0434 e. The molecule has 1 saturated heterocycles. The van der Waals surface area contributed by atoms with E-state index in [-0.39, 0.29) is 0 Å². The van der Waals surface area contributed by atoms with Crippen LogP contribution in [0, 0.1) is 0 Å². The Morgan fingerprint density at radius 1 is 1.45 bits per heavy atom. The minimum absolute atomic E-state index is 0.716. The maximum atomic E-state index is 5.77. The maximum absolute atomic E-state index is 5.77. The fraction of sp³-hybridized carbons (Fsp3) is 0.714. The zero-order valence-electron chi connectivity index (χ0n) is 6.32. The van der Waals surface area contributed by atoms with Crippen LogP contribution in [0.4, 0.5) is 0 Å². The van der Waals surface area contributed by atoms with Gasteiger partial charge in [0.15, 0.2) is 0 Å². The molecule has 0 aliphatic carbocycles. The summed E-state index contributed by atoms with van der Waals surface area (Å²) < 4.78 is 0. The zero-order valence-corrected chi connectivity index (χ0v) is 7.83. The number of hydrogen-bond acceptors (Lipinski definition) is 2. The molecule has 0 aromatic rings. The van der Waals surface area contributed by atoms with Crippen molar-refractivity contribution in [2.75, 3.05) is 32.7 Å². The first-order valence-corrected chi connectivity index (χ1v) is 4.52. The molecule has 0 atom stereocenters. The van der Waals surface area contributed by atoms with E-state index in [1.807, 2.05) is 0 Å². The van der Waals surface area contributed by atoms with E-state index in [1.54, 1.807) is 0 Å². The van der Waals surface area contributed by atoms with Crippen molar-refractivity contribution in [3.8, 4) is 0 Å². The quantitative estimate of drug-likeness (QED) is 0.712. The summed E-state index contributed by atoms with van der Waals surface area (Å²) in [4.78, 5) is 2.28. The minimum Gasteiger partial charge on any atom is -0.314 e. The summed E-state index contributed by atoms with van der Waals surface area (Å²) in [5, 5.41) is 3.99. The first-order valence-electron chi connectivity index (χ1n) is 3.71. The largest absolute Gasteiger partial charge is 0.314 e. The lowest BCUT2D eigenvalue weighted by molar-refractivity contribution is 0.263. The van der Waals surface area contributed by atoms with Crippen LogP contribution < -0.4 is 5.32 Å². The number of nitrogens with one attached hydrogen (secondary N) is 1. The second-order valence-corrected chi connectivity index (χ2v) is 3.29. The number of piperazine rings is 1. The third-order valence-corrected chi connectivity index (χ3v) is 2.31. The number of rotatable bonds is 2. The summed E-state index contributed by atoms with van der Waals surface area (Å²) in [6.45, 7) is 4.99. The van der Waals surface area contributed by atoms with E-state index in [2.05, 4.69) is 10.2 Å². The van der Waals surface area contributed by atoms with Crippen molar-refractivity contribution in [3.63, 3.8) is 0 Å². The summed E-state index contributed by atoms with van der Waals surface area (Å²) in [6, 6.07) is 0. The molecule has 1 aliphatic heterocycles. The number of halogens is 2. The van der Waals surface area contributed by atoms with Gasteiger partial charge < -0.3 is 5.32 Å². The van der Waals surface area contributed by atoms with Crippen molar-refractivity contribution in [1.29, 1.82) is 0 Å². The van der Waals surface area contributed by atoms with Gasteiger partial charge in [-0.1, -0.05) is 23.2 Å². The van der Waals surface area contributed by atoms with Gasteiger partial charge in [0, 0.05) is 43.3 Å². The lowest BCUT2D eigenvalue weighted by Gasteiger charge is -2.26. The SMILES string of the molecule is ClC=C(Cl)CN1CCNCC1. The van der Waals surface area contributed by atoms with Gasteiger partial charge in [-0.2, -0.15) is 0 Å². The van der Waals surface area contributed by atoms with Crippen LogP contribution in [-0.2, 0) is 0 Å². The molecule has 1 aliphatic rings. The molecular formula is C7H12Cl2N2. The minimum atomic E-state index is 0.716. The van der Waals surface area contributed by atoms with Gasteiger partial charge in [0.2, 0.25) is 0 Å².